The van der Waals surface area contributed by atoms with Gasteiger partial charge in [0, 0.05) is 6.61 Å². The van der Waals surface area contributed by atoms with Crippen molar-refractivity contribution in [3.05, 3.63) is 0 Å². The molecule has 0 N–H and O–H groups in total. The van der Waals surface area contributed by atoms with E-state index in [1.165, 1.54) is 6.92 Å². The summed E-state index contributed by atoms with van der Waals surface area (Å²) < 4.78 is 35.3. The third-order valence-corrected chi connectivity index (χ3v) is 2.14. The van der Waals surface area contributed by atoms with Gasteiger partial charge in [0.05, 0.1) is 19.1 Å². The molecule has 15 heavy (non-hydrogen) atoms. The van der Waals surface area contributed by atoms with E-state index in [2.05, 4.69) is 4.74 Å². The van der Waals surface area contributed by atoms with Crippen LogP contribution in [0.5, 0.6) is 0 Å². The molecule has 6 heteroatoms. The highest BCUT2D eigenvalue weighted by Crippen LogP contribution is 2.26. The summed E-state index contributed by atoms with van der Waals surface area (Å²) in [6, 6.07) is 0. The molecule has 0 bridgehead atoms. The number of halogens is 2. The molecule has 0 aromatic rings. The molecular weight excluding hydrogens is 210 g/mol. The number of hydrogen-bond donors (Lipinski definition) is 0. The Morgan fingerprint density at radius 2 is 2.20 bits per heavy atom. The van der Waals surface area contributed by atoms with Crippen LogP contribution < -0.4 is 0 Å². The van der Waals surface area contributed by atoms with Crippen molar-refractivity contribution in [2.24, 2.45) is 5.92 Å². The molecule has 1 unspecified atom stereocenters. The Morgan fingerprint density at radius 1 is 1.53 bits per heavy atom. The SMILES string of the molecule is CCOC(=O)C(F)(F)C(=O)C1CCOC1. The third-order valence-electron chi connectivity index (χ3n) is 2.14. The van der Waals surface area contributed by atoms with Gasteiger partial charge in [0.25, 0.3) is 0 Å². The molecule has 0 aromatic carbocycles. The number of alkyl halides is 2. The van der Waals surface area contributed by atoms with Gasteiger partial charge in [-0.05, 0) is 13.3 Å². The maximum atomic E-state index is 13.2. The molecule has 1 fully saturated rings. The first-order chi connectivity index (χ1) is 7.00. The Morgan fingerprint density at radius 3 is 2.67 bits per heavy atom. The van der Waals surface area contributed by atoms with Gasteiger partial charge in [0.2, 0.25) is 5.78 Å². The Labute approximate surface area is 85.5 Å². The molecule has 1 saturated heterocycles. The monoisotopic (exact) mass is 222 g/mol. The highest BCUT2D eigenvalue weighted by molar-refractivity contribution is 6.06. The number of hydrogen-bond acceptors (Lipinski definition) is 4. The maximum absolute atomic E-state index is 13.2. The van der Waals surface area contributed by atoms with Gasteiger partial charge in [-0.25, -0.2) is 4.79 Å². The van der Waals surface area contributed by atoms with Gasteiger partial charge in [-0.3, -0.25) is 4.79 Å². The van der Waals surface area contributed by atoms with E-state index < -0.39 is 23.6 Å². The van der Waals surface area contributed by atoms with Crippen LogP contribution in [0.15, 0.2) is 0 Å². The summed E-state index contributed by atoms with van der Waals surface area (Å²) in [6.07, 6.45) is 0.230. The van der Waals surface area contributed by atoms with Crippen LogP contribution in [-0.4, -0.2) is 37.5 Å². The quantitative estimate of drug-likeness (QED) is 0.521. The van der Waals surface area contributed by atoms with E-state index in [1.807, 2.05) is 0 Å². The van der Waals surface area contributed by atoms with Gasteiger partial charge in [0.1, 0.15) is 0 Å². The number of carbonyl (C=O) groups is 2. The maximum Gasteiger partial charge on any atom is 0.400 e. The summed E-state index contributed by atoms with van der Waals surface area (Å²) in [4.78, 5) is 22.1. The number of rotatable bonds is 4. The zero-order valence-corrected chi connectivity index (χ0v) is 8.29. The lowest BCUT2D eigenvalue weighted by molar-refractivity contribution is -0.178. The van der Waals surface area contributed by atoms with Crippen LogP contribution in [0.4, 0.5) is 8.78 Å². The molecule has 0 aromatic heterocycles. The van der Waals surface area contributed by atoms with Crippen molar-refractivity contribution in [1.29, 1.82) is 0 Å². The average Bonchev–Trinajstić information content (AvgIpc) is 2.69. The minimum Gasteiger partial charge on any atom is -0.461 e. The summed E-state index contributed by atoms with van der Waals surface area (Å²) in [5.41, 5.74) is 0. The van der Waals surface area contributed by atoms with Gasteiger partial charge in [-0.15, -0.1) is 0 Å². The average molecular weight is 222 g/mol. The van der Waals surface area contributed by atoms with E-state index in [1.54, 1.807) is 0 Å². The molecule has 0 amide bonds. The van der Waals surface area contributed by atoms with E-state index in [9.17, 15) is 18.4 Å². The lowest BCUT2D eigenvalue weighted by Gasteiger charge is -2.16. The van der Waals surface area contributed by atoms with Crippen LogP contribution in [0.3, 0.4) is 0 Å². The second-order valence-corrected chi connectivity index (χ2v) is 3.22. The Balaban J connectivity index is 2.66. The van der Waals surface area contributed by atoms with Crippen molar-refractivity contribution in [3.63, 3.8) is 0 Å². The van der Waals surface area contributed by atoms with Gasteiger partial charge >= 0.3 is 11.9 Å². The van der Waals surface area contributed by atoms with Gasteiger partial charge in [0.15, 0.2) is 0 Å². The third kappa shape index (κ3) is 2.50. The minimum atomic E-state index is -4.05. The standard InChI is InChI=1S/C9H12F2O4/c1-2-15-8(13)9(10,11)7(12)6-3-4-14-5-6/h6H,2-5H2,1H3. The van der Waals surface area contributed by atoms with Crippen LogP contribution in [0.1, 0.15) is 13.3 Å². The van der Waals surface area contributed by atoms with Gasteiger partial charge in [-0.1, -0.05) is 0 Å². The zero-order chi connectivity index (χ0) is 11.5. The zero-order valence-electron chi connectivity index (χ0n) is 8.29. The molecule has 0 spiro atoms. The second kappa shape index (κ2) is 4.65. The fourth-order valence-corrected chi connectivity index (χ4v) is 1.32. The Kier molecular flexibility index (Phi) is 3.73. The van der Waals surface area contributed by atoms with Crippen molar-refractivity contribution in [1.82, 2.24) is 0 Å². The van der Waals surface area contributed by atoms with E-state index in [0.717, 1.165) is 0 Å². The number of carbonyl (C=O) groups excluding carboxylic acids is 2. The van der Waals surface area contributed by atoms with E-state index >= 15 is 0 Å². The normalized spacial score (nSPS) is 21.4. The first-order valence-corrected chi connectivity index (χ1v) is 4.67. The number of Topliss-reactive ketones (excluding diaryl/α,β-unsaturated/α-hetero) is 1. The van der Waals surface area contributed by atoms with Gasteiger partial charge < -0.3 is 9.47 Å². The molecule has 0 saturated carbocycles. The summed E-state index contributed by atoms with van der Waals surface area (Å²) in [5.74, 6) is -8.13. The van der Waals surface area contributed by atoms with Crippen LogP contribution in [0.2, 0.25) is 0 Å². The van der Waals surface area contributed by atoms with E-state index in [-0.39, 0.29) is 26.2 Å². The van der Waals surface area contributed by atoms with Crippen molar-refractivity contribution in [2.75, 3.05) is 19.8 Å². The molecule has 0 radical (unpaired) electrons. The molecule has 1 aliphatic rings. The van der Waals surface area contributed by atoms with Crippen molar-refractivity contribution in [2.45, 2.75) is 19.3 Å². The van der Waals surface area contributed by atoms with Crippen molar-refractivity contribution in [3.8, 4) is 0 Å². The molecule has 86 valence electrons. The minimum absolute atomic E-state index is 0.0478. The highest BCUT2D eigenvalue weighted by Gasteiger charge is 2.52. The number of ketones is 1. The van der Waals surface area contributed by atoms with E-state index in [0.29, 0.717) is 0 Å². The van der Waals surface area contributed by atoms with Crippen molar-refractivity contribution < 1.29 is 27.8 Å². The Hall–Kier alpha value is -1.04. The predicted octanol–water partition coefficient (Wildman–Crippen LogP) is 0.790. The lowest BCUT2D eigenvalue weighted by atomic mass is 9.98. The number of esters is 1. The van der Waals surface area contributed by atoms with Crippen LogP contribution in [0, 0.1) is 5.92 Å². The molecule has 1 aliphatic heterocycles. The predicted molar refractivity (Wildman–Crippen MR) is 45.5 cm³/mol. The van der Waals surface area contributed by atoms with Crippen LogP contribution in [0.25, 0.3) is 0 Å². The molecule has 0 aliphatic carbocycles. The van der Waals surface area contributed by atoms with Crippen LogP contribution in [-0.2, 0) is 19.1 Å². The molecular formula is C9H12F2O4. The molecule has 4 nitrogen and oxygen atoms in total. The first-order valence-electron chi connectivity index (χ1n) is 4.67. The fourth-order valence-electron chi connectivity index (χ4n) is 1.32. The lowest BCUT2D eigenvalue weighted by Crippen LogP contribution is -2.43. The second-order valence-electron chi connectivity index (χ2n) is 3.22. The highest BCUT2D eigenvalue weighted by atomic mass is 19.3. The van der Waals surface area contributed by atoms with E-state index in [4.69, 9.17) is 4.74 Å². The largest absolute Gasteiger partial charge is 0.461 e. The van der Waals surface area contributed by atoms with Gasteiger partial charge in [-0.2, -0.15) is 8.78 Å². The summed E-state index contributed by atoms with van der Waals surface area (Å²) in [5, 5.41) is 0. The summed E-state index contributed by atoms with van der Waals surface area (Å²) in [7, 11) is 0. The van der Waals surface area contributed by atoms with Crippen molar-refractivity contribution >= 4 is 11.8 Å². The number of ether oxygens (including phenoxy) is 2. The molecule has 1 atom stereocenters. The smallest absolute Gasteiger partial charge is 0.400 e. The Bertz CT molecular complexity index is 259. The topological polar surface area (TPSA) is 52.6 Å². The first kappa shape index (κ1) is 12.0. The summed E-state index contributed by atoms with van der Waals surface area (Å²) >= 11 is 0. The fraction of sp³-hybridized carbons (Fsp3) is 0.778. The molecule has 1 rings (SSSR count). The van der Waals surface area contributed by atoms with Crippen LogP contribution >= 0.6 is 0 Å². The molecule has 1 heterocycles. The summed E-state index contributed by atoms with van der Waals surface area (Å²) in [6.45, 7) is 1.45.